The average Bonchev–Trinajstić information content (AvgIpc) is 3.54. The molecule has 1 aromatic heterocycles. The van der Waals surface area contributed by atoms with Gasteiger partial charge in [0.25, 0.3) is 5.91 Å². The third kappa shape index (κ3) is 7.66. The smallest absolute Gasteiger partial charge is 0.253 e. The van der Waals surface area contributed by atoms with Crippen LogP contribution in [0.2, 0.25) is 0 Å². The zero-order valence-corrected chi connectivity index (χ0v) is 25.7. The van der Waals surface area contributed by atoms with E-state index in [1.165, 1.54) is 6.42 Å². The summed E-state index contributed by atoms with van der Waals surface area (Å²) >= 11 is 0. The molecule has 0 bridgehead atoms. The first-order valence-corrected chi connectivity index (χ1v) is 15.7. The number of hydrogen-bond acceptors (Lipinski definition) is 7. The van der Waals surface area contributed by atoms with Gasteiger partial charge in [-0.05, 0) is 59.3 Å². The molecule has 2 N–H and O–H groups in total. The van der Waals surface area contributed by atoms with E-state index in [0.717, 1.165) is 65.9 Å². The summed E-state index contributed by atoms with van der Waals surface area (Å²) in [5, 5.41) is 12.6. The number of carbonyl (C=O) groups excluding carboxylic acids is 1. The number of methoxy groups -OCH3 is 1. The molecule has 0 spiro atoms. The van der Waals surface area contributed by atoms with E-state index in [1.54, 1.807) is 31.6 Å². The van der Waals surface area contributed by atoms with E-state index in [1.807, 2.05) is 42.5 Å². The largest absolute Gasteiger partial charge is 0.392 e. The lowest BCUT2D eigenvalue weighted by molar-refractivity contribution is -0.253. The zero-order valence-electron chi connectivity index (χ0n) is 25.7. The molecular weight excluding hydrogens is 566 g/mol. The third-order valence-corrected chi connectivity index (χ3v) is 8.79. The van der Waals surface area contributed by atoms with Gasteiger partial charge in [-0.15, -0.1) is 0 Å². The van der Waals surface area contributed by atoms with Crippen molar-refractivity contribution in [3.8, 4) is 11.1 Å². The van der Waals surface area contributed by atoms with Crippen molar-refractivity contribution in [2.75, 3.05) is 26.8 Å². The first-order chi connectivity index (χ1) is 22.1. The number of hydrogen-bond donors (Lipinski definition) is 2. The molecule has 1 amide bonds. The Bertz CT molecular complexity index is 1530. The molecular formula is C37H41N3O5. The van der Waals surface area contributed by atoms with Gasteiger partial charge in [-0.3, -0.25) is 14.7 Å². The van der Waals surface area contributed by atoms with E-state index in [-0.39, 0.29) is 24.7 Å². The number of nitrogens with zero attached hydrogens (tertiary/aromatic N) is 2. The Morgan fingerprint density at radius 3 is 2.56 bits per heavy atom. The number of amides is 1. The van der Waals surface area contributed by atoms with Crippen LogP contribution in [0.15, 0.2) is 97.3 Å². The van der Waals surface area contributed by atoms with Crippen LogP contribution in [0.3, 0.4) is 0 Å². The highest BCUT2D eigenvalue weighted by atomic mass is 16.7. The number of aromatic nitrogens is 1. The summed E-state index contributed by atoms with van der Waals surface area (Å²) in [5.41, 5.74) is 6.58. The number of carbonyl (C=O) groups is 1. The fourth-order valence-corrected chi connectivity index (χ4v) is 6.36. The highest BCUT2D eigenvalue weighted by Gasteiger charge is 2.35. The maximum Gasteiger partial charge on any atom is 0.253 e. The van der Waals surface area contributed by atoms with Crippen molar-refractivity contribution in [1.82, 2.24) is 15.2 Å². The van der Waals surface area contributed by atoms with Gasteiger partial charge in [0.05, 0.1) is 31.0 Å². The van der Waals surface area contributed by atoms with Crippen LogP contribution in [0.25, 0.3) is 11.1 Å². The van der Waals surface area contributed by atoms with Crippen LogP contribution < -0.4 is 5.32 Å². The average molecular weight is 608 g/mol. The minimum atomic E-state index is -0.516. The first kappa shape index (κ1) is 31.1. The minimum absolute atomic E-state index is 0.00690. The van der Waals surface area contributed by atoms with Crippen molar-refractivity contribution < 1.29 is 24.1 Å². The summed E-state index contributed by atoms with van der Waals surface area (Å²) in [6.45, 7) is 3.03. The molecule has 0 aliphatic carbocycles. The number of benzene rings is 3. The molecule has 2 aliphatic rings. The van der Waals surface area contributed by atoms with Crippen LogP contribution >= 0.6 is 0 Å². The monoisotopic (exact) mass is 607 g/mol. The second-order valence-electron chi connectivity index (χ2n) is 11.8. The van der Waals surface area contributed by atoms with Crippen LogP contribution in [0.5, 0.6) is 0 Å². The number of aliphatic hydroxyl groups excluding tert-OH is 1. The molecule has 8 nitrogen and oxygen atoms in total. The highest BCUT2D eigenvalue weighted by Crippen LogP contribution is 2.39. The molecule has 6 rings (SSSR count). The van der Waals surface area contributed by atoms with E-state index in [0.29, 0.717) is 18.2 Å². The summed E-state index contributed by atoms with van der Waals surface area (Å²) in [7, 11) is 1.77. The first-order valence-electron chi connectivity index (χ1n) is 15.7. The van der Waals surface area contributed by atoms with Crippen LogP contribution in [-0.2, 0) is 27.4 Å². The quantitative estimate of drug-likeness (QED) is 0.222. The van der Waals surface area contributed by atoms with Crippen molar-refractivity contribution in [2.24, 2.45) is 0 Å². The summed E-state index contributed by atoms with van der Waals surface area (Å²) < 4.78 is 18.7. The van der Waals surface area contributed by atoms with Crippen molar-refractivity contribution in [2.45, 2.75) is 57.0 Å². The molecule has 3 heterocycles. The molecule has 4 atom stereocenters. The predicted octanol–water partition coefficient (Wildman–Crippen LogP) is 5.83. The van der Waals surface area contributed by atoms with E-state index in [2.05, 4.69) is 45.5 Å². The van der Waals surface area contributed by atoms with E-state index in [9.17, 15) is 9.90 Å². The van der Waals surface area contributed by atoms with Gasteiger partial charge < -0.3 is 24.6 Å². The molecule has 2 saturated heterocycles. The maximum absolute atomic E-state index is 12.6. The second kappa shape index (κ2) is 14.9. The van der Waals surface area contributed by atoms with Crippen molar-refractivity contribution >= 4 is 5.91 Å². The normalized spacial score (nSPS) is 21.9. The molecule has 45 heavy (non-hydrogen) atoms. The Morgan fingerprint density at radius 1 is 1.00 bits per heavy atom. The number of nitrogens with one attached hydrogen (secondary N) is 1. The van der Waals surface area contributed by atoms with Crippen LogP contribution in [-0.4, -0.2) is 59.8 Å². The van der Waals surface area contributed by atoms with E-state index >= 15 is 0 Å². The summed E-state index contributed by atoms with van der Waals surface area (Å²) in [4.78, 5) is 19.2. The molecule has 0 radical (unpaired) electrons. The lowest BCUT2D eigenvalue weighted by Gasteiger charge is -2.38. The SMILES string of the molecule is COC[C@@H]1CCCN1C[C@H]1C[C@@H](c2ccc(CO)cc2)O[C@@H](c2ccc(-c3ccccc3CNC(=O)c3cccnc3)cc2)O1. The Hall–Kier alpha value is -3.92. The lowest BCUT2D eigenvalue weighted by atomic mass is 9.97. The lowest BCUT2D eigenvalue weighted by Crippen LogP contribution is -2.42. The topological polar surface area (TPSA) is 93.2 Å². The Labute approximate surface area is 265 Å². The van der Waals surface area contributed by atoms with Crippen molar-refractivity contribution in [3.63, 3.8) is 0 Å². The van der Waals surface area contributed by atoms with Crippen LogP contribution in [0, 0.1) is 0 Å². The molecule has 2 fully saturated rings. The molecule has 234 valence electrons. The zero-order chi connectivity index (χ0) is 31.0. The highest BCUT2D eigenvalue weighted by molar-refractivity contribution is 5.93. The third-order valence-electron chi connectivity index (χ3n) is 8.79. The van der Waals surface area contributed by atoms with Crippen LogP contribution in [0.1, 0.15) is 64.3 Å². The van der Waals surface area contributed by atoms with Gasteiger partial charge in [-0.2, -0.15) is 0 Å². The van der Waals surface area contributed by atoms with Crippen molar-refractivity contribution in [3.05, 3.63) is 125 Å². The van der Waals surface area contributed by atoms with Gasteiger partial charge in [0, 0.05) is 50.6 Å². The van der Waals surface area contributed by atoms with Crippen molar-refractivity contribution in [1.29, 1.82) is 0 Å². The molecule has 2 aliphatic heterocycles. The minimum Gasteiger partial charge on any atom is -0.392 e. The molecule has 0 saturated carbocycles. The summed E-state index contributed by atoms with van der Waals surface area (Å²) in [5.74, 6) is -0.155. The number of likely N-dealkylation sites (tertiary alicyclic amines) is 1. The van der Waals surface area contributed by atoms with E-state index in [4.69, 9.17) is 14.2 Å². The van der Waals surface area contributed by atoms with E-state index < -0.39 is 6.29 Å². The van der Waals surface area contributed by atoms with Gasteiger partial charge in [0.2, 0.25) is 0 Å². The fourth-order valence-electron chi connectivity index (χ4n) is 6.36. The Kier molecular flexibility index (Phi) is 10.3. The summed E-state index contributed by atoms with van der Waals surface area (Å²) in [6, 6.07) is 28.4. The maximum atomic E-state index is 12.6. The van der Waals surface area contributed by atoms with Crippen LogP contribution in [0.4, 0.5) is 0 Å². The molecule has 4 aromatic rings. The van der Waals surface area contributed by atoms with Gasteiger partial charge in [-0.25, -0.2) is 0 Å². The van der Waals surface area contributed by atoms with Gasteiger partial charge in [0.1, 0.15) is 0 Å². The molecule has 0 unspecified atom stereocenters. The number of pyridine rings is 1. The Morgan fingerprint density at radius 2 is 1.80 bits per heavy atom. The van der Waals surface area contributed by atoms with Gasteiger partial charge in [0.15, 0.2) is 6.29 Å². The second-order valence-corrected chi connectivity index (χ2v) is 11.8. The number of aliphatic hydroxyl groups is 1. The Balaban J connectivity index is 1.19. The number of ether oxygens (including phenoxy) is 3. The predicted molar refractivity (Wildman–Crippen MR) is 172 cm³/mol. The van der Waals surface area contributed by atoms with Gasteiger partial charge in [-0.1, -0.05) is 72.8 Å². The molecule has 3 aromatic carbocycles. The standard InChI is InChI=1S/C37H41N3O5/c1-43-25-32-8-5-19-40(32)23-33-20-35(28-12-10-26(24-41)11-13-28)45-37(44-33)29-16-14-27(15-17-29)34-9-3-2-6-30(34)22-39-36(42)31-7-4-18-38-21-31/h2-4,6-7,9-18,21,32-33,35,37,41H,5,8,19-20,22-25H2,1H3,(H,39,42)/t32-,33+,35-,37-/m0/s1. The fraction of sp³-hybridized carbons (Fsp3) is 0.351. The molecule has 8 heteroatoms. The van der Waals surface area contributed by atoms with Gasteiger partial charge >= 0.3 is 0 Å². The number of rotatable bonds is 11. The summed E-state index contributed by atoms with van der Waals surface area (Å²) in [6.07, 6.45) is 5.63.